The van der Waals surface area contributed by atoms with Crippen LogP contribution in [0.4, 0.5) is 5.69 Å². The summed E-state index contributed by atoms with van der Waals surface area (Å²) in [6, 6.07) is 13.4. The standard InChI is InChI=1S/C22H22BrN3O2S/c1-14-10-11-19(17(23)12-14)24-20(27)13-29-22-25-18-9-5-4-8-16(18)21(28)26(22)15-6-2-3-7-15/h4-5,8-12,15H,2-3,6-7,13H2,1H3,(H,24,27). The smallest absolute Gasteiger partial charge is 0.262 e. The van der Waals surface area contributed by atoms with Gasteiger partial charge in [-0.25, -0.2) is 4.98 Å². The maximum absolute atomic E-state index is 13.2. The van der Waals surface area contributed by atoms with Crippen LogP contribution in [0.15, 0.2) is 56.9 Å². The minimum absolute atomic E-state index is 0.00770. The minimum atomic E-state index is -0.125. The number of thioether (sulfide) groups is 1. The van der Waals surface area contributed by atoms with E-state index in [0.29, 0.717) is 16.1 Å². The van der Waals surface area contributed by atoms with Gasteiger partial charge < -0.3 is 5.32 Å². The van der Waals surface area contributed by atoms with Gasteiger partial charge in [0.15, 0.2) is 5.16 Å². The molecule has 0 aliphatic heterocycles. The van der Waals surface area contributed by atoms with Gasteiger partial charge in [0.05, 0.1) is 22.3 Å². The summed E-state index contributed by atoms with van der Waals surface area (Å²) in [5.74, 6) is 0.0672. The van der Waals surface area contributed by atoms with Crippen molar-refractivity contribution in [2.45, 2.75) is 43.8 Å². The highest BCUT2D eigenvalue weighted by Gasteiger charge is 2.23. The maximum Gasteiger partial charge on any atom is 0.262 e. The largest absolute Gasteiger partial charge is 0.324 e. The molecule has 0 saturated heterocycles. The average Bonchev–Trinajstić information content (AvgIpc) is 3.23. The highest BCUT2D eigenvalue weighted by molar-refractivity contribution is 9.10. The van der Waals surface area contributed by atoms with Gasteiger partial charge in [0, 0.05) is 10.5 Å². The number of anilines is 1. The first-order valence-corrected chi connectivity index (χ1v) is 11.5. The molecule has 1 aliphatic rings. The molecule has 0 spiro atoms. The van der Waals surface area contributed by atoms with Crippen LogP contribution in [0.3, 0.4) is 0 Å². The van der Waals surface area contributed by atoms with Gasteiger partial charge >= 0.3 is 0 Å². The number of rotatable bonds is 5. The highest BCUT2D eigenvalue weighted by atomic mass is 79.9. The topological polar surface area (TPSA) is 64.0 Å². The summed E-state index contributed by atoms with van der Waals surface area (Å²) in [6.45, 7) is 2.00. The Kier molecular flexibility index (Phi) is 6.06. The molecule has 0 bridgehead atoms. The molecule has 2 aromatic carbocycles. The average molecular weight is 472 g/mol. The lowest BCUT2D eigenvalue weighted by Gasteiger charge is -2.18. The van der Waals surface area contributed by atoms with Crippen LogP contribution in [0.5, 0.6) is 0 Å². The number of carbonyl (C=O) groups is 1. The summed E-state index contributed by atoms with van der Waals surface area (Å²) in [7, 11) is 0. The van der Waals surface area contributed by atoms with E-state index in [0.717, 1.165) is 41.4 Å². The molecule has 0 unspecified atom stereocenters. The van der Waals surface area contributed by atoms with E-state index in [1.54, 1.807) is 0 Å². The Morgan fingerprint density at radius 1 is 1.24 bits per heavy atom. The van der Waals surface area contributed by atoms with Crippen LogP contribution < -0.4 is 10.9 Å². The molecular weight excluding hydrogens is 450 g/mol. The second-order valence-electron chi connectivity index (χ2n) is 7.35. The van der Waals surface area contributed by atoms with Gasteiger partial charge in [-0.2, -0.15) is 0 Å². The molecule has 150 valence electrons. The number of benzene rings is 2. The second-order valence-corrected chi connectivity index (χ2v) is 9.14. The predicted octanol–water partition coefficient (Wildman–Crippen LogP) is 5.31. The number of hydrogen-bond acceptors (Lipinski definition) is 4. The van der Waals surface area contributed by atoms with Gasteiger partial charge in [0.2, 0.25) is 5.91 Å². The Balaban J connectivity index is 1.59. The van der Waals surface area contributed by atoms with E-state index >= 15 is 0 Å². The number of aryl methyl sites for hydroxylation is 1. The number of hydrogen-bond donors (Lipinski definition) is 1. The van der Waals surface area contributed by atoms with Crippen molar-refractivity contribution in [3.8, 4) is 0 Å². The number of amides is 1. The molecule has 1 fully saturated rings. The number of halogens is 1. The molecule has 29 heavy (non-hydrogen) atoms. The van der Waals surface area contributed by atoms with Crippen LogP contribution in [0.2, 0.25) is 0 Å². The zero-order valence-corrected chi connectivity index (χ0v) is 18.6. The van der Waals surface area contributed by atoms with Gasteiger partial charge in [-0.05, 0) is 65.5 Å². The SMILES string of the molecule is Cc1ccc(NC(=O)CSc2nc3ccccc3c(=O)n2C2CCCC2)c(Br)c1. The van der Waals surface area contributed by atoms with Gasteiger partial charge in [-0.15, -0.1) is 0 Å². The lowest BCUT2D eigenvalue weighted by atomic mass is 10.2. The van der Waals surface area contributed by atoms with Crippen LogP contribution >= 0.6 is 27.7 Å². The third-order valence-corrected chi connectivity index (χ3v) is 6.81. The van der Waals surface area contributed by atoms with Gasteiger partial charge in [-0.1, -0.05) is 42.8 Å². The number of carbonyl (C=O) groups excluding carboxylic acids is 1. The van der Waals surface area contributed by atoms with Crippen molar-refractivity contribution < 1.29 is 4.79 Å². The van der Waals surface area contributed by atoms with Crippen molar-refractivity contribution in [2.24, 2.45) is 0 Å². The number of nitrogens with zero attached hydrogens (tertiary/aromatic N) is 2. The fourth-order valence-electron chi connectivity index (χ4n) is 3.75. The molecular formula is C22H22BrN3O2S. The van der Waals surface area contributed by atoms with Crippen LogP contribution in [0, 0.1) is 6.92 Å². The molecule has 1 aliphatic carbocycles. The lowest BCUT2D eigenvalue weighted by molar-refractivity contribution is -0.113. The summed E-state index contributed by atoms with van der Waals surface area (Å²) < 4.78 is 2.66. The Labute approximate surface area is 182 Å². The van der Waals surface area contributed by atoms with Gasteiger partial charge in [0.25, 0.3) is 5.56 Å². The molecule has 5 nitrogen and oxygen atoms in total. The lowest BCUT2D eigenvalue weighted by Crippen LogP contribution is -2.27. The van der Waals surface area contributed by atoms with Crippen molar-refractivity contribution >= 4 is 50.2 Å². The first-order chi connectivity index (χ1) is 14.0. The van der Waals surface area contributed by atoms with Crippen LogP contribution in [-0.2, 0) is 4.79 Å². The Bertz CT molecular complexity index is 1120. The van der Waals surface area contributed by atoms with Crippen LogP contribution in [0.1, 0.15) is 37.3 Å². The van der Waals surface area contributed by atoms with E-state index in [4.69, 9.17) is 4.98 Å². The number of para-hydroxylation sites is 1. The van der Waals surface area contributed by atoms with E-state index in [1.165, 1.54) is 11.8 Å². The third-order valence-electron chi connectivity index (χ3n) is 5.20. The molecule has 1 N–H and O–H groups in total. The van der Waals surface area contributed by atoms with Crippen LogP contribution in [0.25, 0.3) is 10.9 Å². The van der Waals surface area contributed by atoms with E-state index in [-0.39, 0.29) is 23.3 Å². The first kappa shape index (κ1) is 20.2. The molecule has 1 aromatic heterocycles. The van der Waals surface area contributed by atoms with Gasteiger partial charge in [0.1, 0.15) is 0 Å². The summed E-state index contributed by atoms with van der Waals surface area (Å²) in [6.07, 6.45) is 4.21. The molecule has 0 atom stereocenters. The predicted molar refractivity (Wildman–Crippen MR) is 122 cm³/mol. The number of fused-ring (bicyclic) bond motifs is 1. The van der Waals surface area contributed by atoms with E-state index in [1.807, 2.05) is 54.0 Å². The number of nitrogens with one attached hydrogen (secondary N) is 1. The zero-order valence-electron chi connectivity index (χ0n) is 16.2. The third kappa shape index (κ3) is 4.41. The summed E-state index contributed by atoms with van der Waals surface area (Å²) in [5, 5.41) is 4.19. The molecule has 0 radical (unpaired) electrons. The van der Waals surface area contributed by atoms with Crippen molar-refractivity contribution in [1.29, 1.82) is 0 Å². The molecule has 1 heterocycles. The molecule has 4 rings (SSSR count). The summed E-state index contributed by atoms with van der Waals surface area (Å²) >= 11 is 4.81. The van der Waals surface area contributed by atoms with Crippen molar-refractivity contribution in [3.63, 3.8) is 0 Å². The van der Waals surface area contributed by atoms with E-state index in [9.17, 15) is 9.59 Å². The number of aromatic nitrogens is 2. The van der Waals surface area contributed by atoms with E-state index < -0.39 is 0 Å². The van der Waals surface area contributed by atoms with Crippen molar-refractivity contribution in [1.82, 2.24) is 9.55 Å². The van der Waals surface area contributed by atoms with E-state index in [2.05, 4.69) is 21.2 Å². The van der Waals surface area contributed by atoms with Crippen molar-refractivity contribution in [3.05, 3.63) is 62.9 Å². The zero-order chi connectivity index (χ0) is 20.4. The molecule has 7 heteroatoms. The Morgan fingerprint density at radius 2 is 2.00 bits per heavy atom. The first-order valence-electron chi connectivity index (χ1n) is 9.73. The quantitative estimate of drug-likeness (QED) is 0.404. The van der Waals surface area contributed by atoms with Crippen molar-refractivity contribution in [2.75, 3.05) is 11.1 Å². The van der Waals surface area contributed by atoms with Gasteiger partial charge in [-0.3, -0.25) is 14.2 Å². The fourth-order valence-corrected chi connectivity index (χ4v) is 5.21. The molecule has 3 aromatic rings. The monoisotopic (exact) mass is 471 g/mol. The second kappa shape index (κ2) is 8.71. The maximum atomic E-state index is 13.2. The molecule has 1 amide bonds. The highest BCUT2D eigenvalue weighted by Crippen LogP contribution is 2.32. The minimum Gasteiger partial charge on any atom is -0.324 e. The Morgan fingerprint density at radius 3 is 2.76 bits per heavy atom. The molecule has 1 saturated carbocycles. The van der Waals surface area contributed by atoms with Crippen LogP contribution in [-0.4, -0.2) is 21.2 Å². The normalized spacial score (nSPS) is 14.4. The summed E-state index contributed by atoms with van der Waals surface area (Å²) in [4.78, 5) is 30.4. The fraction of sp³-hybridized carbons (Fsp3) is 0.318. The summed E-state index contributed by atoms with van der Waals surface area (Å²) in [5.41, 5.74) is 2.52. The Hall–Kier alpha value is -2.12.